The highest BCUT2D eigenvalue weighted by molar-refractivity contribution is 5.57. The molecule has 0 saturated heterocycles. The molecule has 3 rings (SSSR count). The van der Waals surface area contributed by atoms with E-state index in [1.165, 1.54) is 4.52 Å². The van der Waals surface area contributed by atoms with E-state index in [9.17, 15) is 5.21 Å². The molecule has 2 heterocycles. The predicted octanol–water partition coefficient (Wildman–Crippen LogP) is 1.64. The number of nitrogens with zero attached hydrogens (tertiary/aromatic N) is 3. The van der Waals surface area contributed by atoms with Crippen molar-refractivity contribution < 1.29 is 9.47 Å². The molecule has 0 spiro atoms. The van der Waals surface area contributed by atoms with Crippen LogP contribution in [0.4, 0.5) is 0 Å². The van der Waals surface area contributed by atoms with E-state index in [0.717, 1.165) is 10.3 Å². The first-order valence-corrected chi connectivity index (χ1v) is 5.51. The van der Waals surface area contributed by atoms with Gasteiger partial charge in [-0.3, -0.25) is 0 Å². The third-order valence-electron chi connectivity index (χ3n) is 2.77. The van der Waals surface area contributed by atoms with Gasteiger partial charge in [0.05, 0.1) is 7.11 Å². The summed E-state index contributed by atoms with van der Waals surface area (Å²) in [7, 11) is 1.54. The first kappa shape index (κ1) is 10.6. The minimum atomic E-state index is 0.467. The molecule has 0 aliphatic carbocycles. The maximum Gasteiger partial charge on any atom is 0.310 e. The van der Waals surface area contributed by atoms with E-state index in [-0.39, 0.29) is 0 Å². The molecule has 0 atom stereocenters. The summed E-state index contributed by atoms with van der Waals surface area (Å²) in [6.45, 7) is 0. The molecule has 0 radical (unpaired) electrons. The molecule has 0 N–H and O–H groups in total. The normalized spacial score (nSPS) is 10.7. The van der Waals surface area contributed by atoms with Gasteiger partial charge >= 0.3 is 5.65 Å². The highest BCUT2D eigenvalue weighted by Gasteiger charge is 2.15. The Morgan fingerprint density at radius 3 is 2.67 bits per heavy atom. The zero-order chi connectivity index (χ0) is 12.5. The Labute approximate surface area is 103 Å². The second-order valence-electron chi connectivity index (χ2n) is 3.85. The molecule has 0 aliphatic heterocycles. The molecule has 0 fully saturated rings. The zero-order valence-electron chi connectivity index (χ0n) is 9.78. The fourth-order valence-corrected chi connectivity index (χ4v) is 1.87. The van der Waals surface area contributed by atoms with E-state index in [1.807, 2.05) is 30.3 Å². The van der Waals surface area contributed by atoms with E-state index >= 15 is 0 Å². The fraction of sp³-hybridized carbons (Fsp3) is 0.0769. The molecular weight excluding hydrogens is 230 g/mol. The van der Waals surface area contributed by atoms with Crippen LogP contribution in [0, 0.1) is 5.21 Å². The zero-order valence-corrected chi connectivity index (χ0v) is 9.78. The first-order chi connectivity index (χ1) is 8.79. The number of benzene rings is 1. The predicted molar refractivity (Wildman–Crippen MR) is 66.1 cm³/mol. The Balaban J connectivity index is 2.23. The van der Waals surface area contributed by atoms with Crippen LogP contribution in [0.5, 0.6) is 5.88 Å². The summed E-state index contributed by atoms with van der Waals surface area (Å²) >= 11 is 0. The van der Waals surface area contributed by atoms with Crippen LogP contribution >= 0.6 is 0 Å². The average molecular weight is 241 g/mol. The first-order valence-electron chi connectivity index (χ1n) is 5.51. The molecule has 0 unspecified atom stereocenters. The van der Waals surface area contributed by atoms with E-state index in [4.69, 9.17) is 4.74 Å². The SMILES string of the molecule is COc1ccc2n(cc(-c3ccccc3)[n+]2[O-])n1. The van der Waals surface area contributed by atoms with Gasteiger partial charge in [0.25, 0.3) is 5.88 Å². The van der Waals surface area contributed by atoms with Gasteiger partial charge in [-0.15, -0.1) is 0 Å². The molecule has 3 aromatic rings. The lowest BCUT2D eigenvalue weighted by atomic mass is 10.2. The van der Waals surface area contributed by atoms with E-state index < -0.39 is 0 Å². The number of ether oxygens (including phenoxy) is 1. The van der Waals surface area contributed by atoms with Crippen molar-refractivity contribution in [2.24, 2.45) is 0 Å². The van der Waals surface area contributed by atoms with Gasteiger partial charge in [-0.1, -0.05) is 34.8 Å². The summed E-state index contributed by atoms with van der Waals surface area (Å²) in [6, 6.07) is 12.8. The lowest BCUT2D eigenvalue weighted by Gasteiger charge is -2.02. The second-order valence-corrected chi connectivity index (χ2v) is 3.85. The number of hydrogen-bond acceptors (Lipinski definition) is 3. The molecule has 90 valence electrons. The lowest BCUT2D eigenvalue weighted by molar-refractivity contribution is -0.564. The van der Waals surface area contributed by atoms with Crippen molar-refractivity contribution in [3.63, 3.8) is 0 Å². The number of hydrogen-bond donors (Lipinski definition) is 0. The highest BCUT2D eigenvalue weighted by atomic mass is 16.5. The fourth-order valence-electron chi connectivity index (χ4n) is 1.87. The third kappa shape index (κ3) is 1.57. The monoisotopic (exact) mass is 241 g/mol. The van der Waals surface area contributed by atoms with Gasteiger partial charge in [0.1, 0.15) is 0 Å². The molecule has 0 amide bonds. The van der Waals surface area contributed by atoms with Crippen molar-refractivity contribution >= 4 is 5.65 Å². The molecule has 1 aromatic carbocycles. The largest absolute Gasteiger partial charge is 0.710 e. The topological polar surface area (TPSA) is 53.5 Å². The minimum Gasteiger partial charge on any atom is -0.710 e. The van der Waals surface area contributed by atoms with Gasteiger partial charge in [0, 0.05) is 17.7 Å². The molecule has 18 heavy (non-hydrogen) atoms. The maximum atomic E-state index is 12.1. The van der Waals surface area contributed by atoms with Gasteiger partial charge in [0.2, 0.25) is 0 Å². The van der Waals surface area contributed by atoms with Crippen LogP contribution in [0.15, 0.2) is 48.7 Å². The summed E-state index contributed by atoms with van der Waals surface area (Å²) < 4.78 is 7.42. The summed E-state index contributed by atoms with van der Waals surface area (Å²) in [5.74, 6) is 0.470. The van der Waals surface area contributed by atoms with Crippen LogP contribution in [0.2, 0.25) is 0 Å². The third-order valence-corrected chi connectivity index (χ3v) is 2.77. The Bertz CT molecular complexity index is 692. The number of aromatic nitrogens is 3. The Kier molecular flexibility index (Phi) is 2.37. The second kappa shape index (κ2) is 4.03. The van der Waals surface area contributed by atoms with E-state index in [1.54, 1.807) is 25.4 Å². The summed E-state index contributed by atoms with van der Waals surface area (Å²) in [5.41, 5.74) is 1.89. The Morgan fingerprint density at radius 2 is 1.94 bits per heavy atom. The lowest BCUT2D eigenvalue weighted by Crippen LogP contribution is -2.27. The standard InChI is InChI=1S/C13H11N3O2/c1-18-12-7-8-13-15(14-12)9-11(16(13)17)10-5-3-2-4-6-10/h2-9H,1H3. The van der Waals surface area contributed by atoms with Crippen LogP contribution in [0.1, 0.15) is 0 Å². The van der Waals surface area contributed by atoms with E-state index in [2.05, 4.69) is 5.10 Å². The molecule has 0 aliphatic rings. The van der Waals surface area contributed by atoms with Gasteiger partial charge in [-0.2, -0.15) is 0 Å². The molecule has 0 saturated carbocycles. The van der Waals surface area contributed by atoms with Gasteiger partial charge < -0.3 is 9.94 Å². The van der Waals surface area contributed by atoms with Crippen LogP contribution < -0.4 is 9.47 Å². The van der Waals surface area contributed by atoms with Crippen molar-refractivity contribution in [1.29, 1.82) is 0 Å². The van der Waals surface area contributed by atoms with Crippen molar-refractivity contribution in [2.75, 3.05) is 7.11 Å². The summed E-state index contributed by atoms with van der Waals surface area (Å²) in [4.78, 5) is 0. The smallest absolute Gasteiger partial charge is 0.310 e. The van der Waals surface area contributed by atoms with Crippen LogP contribution in [0.25, 0.3) is 16.9 Å². The van der Waals surface area contributed by atoms with Crippen LogP contribution in [-0.4, -0.2) is 16.7 Å². The van der Waals surface area contributed by atoms with E-state index in [0.29, 0.717) is 17.2 Å². The number of rotatable bonds is 2. The Morgan fingerprint density at radius 1 is 1.17 bits per heavy atom. The molecule has 5 heteroatoms. The molecular formula is C13H11N3O2. The van der Waals surface area contributed by atoms with Gasteiger partial charge in [0.15, 0.2) is 11.9 Å². The maximum absolute atomic E-state index is 12.1. The van der Waals surface area contributed by atoms with Gasteiger partial charge in [-0.05, 0) is 5.10 Å². The van der Waals surface area contributed by atoms with Crippen molar-refractivity contribution in [3.8, 4) is 17.1 Å². The van der Waals surface area contributed by atoms with Crippen molar-refractivity contribution in [1.82, 2.24) is 9.61 Å². The summed E-state index contributed by atoms with van der Waals surface area (Å²) in [5, 5.41) is 16.3. The number of methoxy groups -OCH3 is 1. The van der Waals surface area contributed by atoms with Crippen LogP contribution in [0.3, 0.4) is 0 Å². The molecule has 2 aromatic heterocycles. The molecule has 0 bridgehead atoms. The number of fused-ring (bicyclic) bond motifs is 1. The minimum absolute atomic E-state index is 0.467. The molecule has 5 nitrogen and oxygen atoms in total. The number of imidazole rings is 1. The average Bonchev–Trinajstić information content (AvgIpc) is 2.76. The quantitative estimate of drug-likeness (QED) is 0.506. The van der Waals surface area contributed by atoms with Gasteiger partial charge in [-0.25, -0.2) is 4.73 Å². The van der Waals surface area contributed by atoms with Crippen molar-refractivity contribution in [3.05, 3.63) is 53.9 Å². The summed E-state index contributed by atoms with van der Waals surface area (Å²) in [6.07, 6.45) is 1.69. The van der Waals surface area contributed by atoms with Crippen LogP contribution in [-0.2, 0) is 0 Å². The van der Waals surface area contributed by atoms with Crippen molar-refractivity contribution in [2.45, 2.75) is 0 Å². The highest BCUT2D eigenvalue weighted by Crippen LogP contribution is 2.17. The Hall–Kier alpha value is -2.56.